The Morgan fingerprint density at radius 2 is 1.74 bits per heavy atom. The molecule has 2 aromatic rings. The van der Waals surface area contributed by atoms with Crippen LogP contribution in [0.4, 0.5) is 8.78 Å². The van der Waals surface area contributed by atoms with Gasteiger partial charge in [0.25, 0.3) is 0 Å². The first-order valence-corrected chi connectivity index (χ1v) is 7.13. The molecule has 1 unspecified atom stereocenters. The van der Waals surface area contributed by atoms with E-state index in [0.29, 0.717) is 12.1 Å². The maximum atomic E-state index is 13.4. The quantitative estimate of drug-likeness (QED) is 0.790. The third-order valence-corrected chi connectivity index (χ3v) is 3.83. The van der Waals surface area contributed by atoms with Crippen LogP contribution in [0.25, 0.3) is 0 Å². The molecule has 0 radical (unpaired) electrons. The molecular weight excluding hydrogens is 359 g/mol. The van der Waals surface area contributed by atoms with Crippen LogP contribution in [0.3, 0.4) is 0 Å². The monoisotopic (exact) mass is 373 g/mol. The van der Waals surface area contributed by atoms with Gasteiger partial charge < -0.3 is 5.32 Å². The maximum absolute atomic E-state index is 13.4. The van der Waals surface area contributed by atoms with Gasteiger partial charge in [-0.1, -0.05) is 25.1 Å². The van der Waals surface area contributed by atoms with E-state index >= 15 is 0 Å². The van der Waals surface area contributed by atoms with Gasteiger partial charge in [-0.15, -0.1) is 0 Å². The van der Waals surface area contributed by atoms with E-state index in [2.05, 4.69) is 27.9 Å². The molecule has 4 heteroatoms. The molecule has 100 valence electrons. The Kier molecular flexibility index (Phi) is 4.87. The molecule has 0 bridgehead atoms. The van der Waals surface area contributed by atoms with Crippen LogP contribution in [-0.4, -0.2) is 6.54 Å². The average Bonchev–Trinajstić information content (AvgIpc) is 2.36. The lowest BCUT2D eigenvalue weighted by Crippen LogP contribution is -2.23. The zero-order valence-electron chi connectivity index (χ0n) is 10.5. The van der Waals surface area contributed by atoms with Gasteiger partial charge in [0, 0.05) is 9.64 Å². The Morgan fingerprint density at radius 3 is 2.32 bits per heavy atom. The summed E-state index contributed by atoms with van der Waals surface area (Å²) in [5, 5.41) is 3.27. The van der Waals surface area contributed by atoms with E-state index in [-0.39, 0.29) is 6.04 Å². The second-order valence-corrected chi connectivity index (χ2v) is 5.38. The molecule has 2 aromatic carbocycles. The maximum Gasteiger partial charge on any atom is 0.126 e. The Bertz CT molecular complexity index is 552. The largest absolute Gasteiger partial charge is 0.306 e. The highest BCUT2D eigenvalue weighted by Crippen LogP contribution is 2.27. The van der Waals surface area contributed by atoms with Crippen molar-refractivity contribution in [2.24, 2.45) is 0 Å². The Balaban J connectivity index is 2.48. The summed E-state index contributed by atoms with van der Waals surface area (Å²) >= 11 is 2.23. The van der Waals surface area contributed by atoms with Crippen molar-refractivity contribution in [3.8, 4) is 0 Å². The summed E-state index contributed by atoms with van der Waals surface area (Å²) in [5.41, 5.74) is 1.62. The van der Waals surface area contributed by atoms with Crippen LogP contribution < -0.4 is 5.32 Å². The van der Waals surface area contributed by atoms with Gasteiger partial charge in [-0.3, -0.25) is 0 Å². The number of benzene rings is 2. The van der Waals surface area contributed by atoms with Gasteiger partial charge in [0.2, 0.25) is 0 Å². The fourth-order valence-electron chi connectivity index (χ4n) is 2.06. The van der Waals surface area contributed by atoms with Gasteiger partial charge in [-0.25, -0.2) is 8.78 Å². The van der Waals surface area contributed by atoms with Gasteiger partial charge in [0.05, 0.1) is 6.04 Å². The lowest BCUT2D eigenvalue weighted by atomic mass is 9.98. The van der Waals surface area contributed by atoms with Crippen LogP contribution in [-0.2, 0) is 0 Å². The number of nitrogens with one attached hydrogen (secondary N) is 1. The van der Waals surface area contributed by atoms with E-state index < -0.39 is 11.6 Å². The third kappa shape index (κ3) is 3.51. The Labute approximate surface area is 125 Å². The summed E-state index contributed by atoms with van der Waals surface area (Å²) in [6, 6.07) is 11.3. The molecule has 0 aliphatic heterocycles. The van der Waals surface area contributed by atoms with Gasteiger partial charge >= 0.3 is 0 Å². The minimum Gasteiger partial charge on any atom is -0.306 e. The summed E-state index contributed by atoms with van der Waals surface area (Å²) in [5.74, 6) is -1.10. The molecule has 0 fully saturated rings. The highest BCUT2D eigenvalue weighted by Gasteiger charge is 2.17. The Hall–Kier alpha value is -1.01. The van der Waals surface area contributed by atoms with Crippen molar-refractivity contribution in [3.05, 3.63) is 68.8 Å². The first kappa shape index (κ1) is 14.4. The highest BCUT2D eigenvalue weighted by molar-refractivity contribution is 14.1. The van der Waals surface area contributed by atoms with Crippen LogP contribution >= 0.6 is 22.6 Å². The number of hydrogen-bond donors (Lipinski definition) is 1. The fraction of sp³-hybridized carbons (Fsp3) is 0.200. The second kappa shape index (κ2) is 6.43. The van der Waals surface area contributed by atoms with E-state index in [9.17, 15) is 8.78 Å². The van der Waals surface area contributed by atoms with Crippen molar-refractivity contribution in [2.75, 3.05) is 6.54 Å². The fourth-order valence-corrected chi connectivity index (χ4v) is 2.76. The first-order valence-electron chi connectivity index (χ1n) is 6.05. The first-order chi connectivity index (χ1) is 9.11. The molecular formula is C15H14F2IN. The van der Waals surface area contributed by atoms with Gasteiger partial charge in [-0.2, -0.15) is 0 Å². The molecule has 1 N–H and O–H groups in total. The molecule has 0 amide bonds. The zero-order chi connectivity index (χ0) is 13.8. The lowest BCUT2D eigenvalue weighted by Gasteiger charge is -2.20. The van der Waals surface area contributed by atoms with E-state index in [1.165, 1.54) is 12.1 Å². The van der Waals surface area contributed by atoms with Crippen LogP contribution in [0.5, 0.6) is 0 Å². The van der Waals surface area contributed by atoms with E-state index in [1.54, 1.807) is 0 Å². The zero-order valence-corrected chi connectivity index (χ0v) is 12.6. The van der Waals surface area contributed by atoms with E-state index in [1.807, 2.05) is 31.2 Å². The Morgan fingerprint density at radius 1 is 1.11 bits per heavy atom. The number of rotatable bonds is 4. The van der Waals surface area contributed by atoms with Crippen molar-refractivity contribution in [1.82, 2.24) is 5.32 Å². The van der Waals surface area contributed by atoms with Crippen molar-refractivity contribution in [2.45, 2.75) is 13.0 Å². The van der Waals surface area contributed by atoms with Crippen molar-refractivity contribution >= 4 is 22.6 Å². The van der Waals surface area contributed by atoms with Gasteiger partial charge in [0.1, 0.15) is 11.6 Å². The standard InChI is InChI=1S/C15H14F2IN/c1-2-19-15(13-5-3-4-6-14(13)18)10-7-11(16)9-12(17)8-10/h3-9,15,19H,2H2,1H3. The van der Waals surface area contributed by atoms with E-state index in [0.717, 1.165) is 15.2 Å². The predicted octanol–water partition coefficient (Wildman–Crippen LogP) is 4.27. The highest BCUT2D eigenvalue weighted by atomic mass is 127. The minimum absolute atomic E-state index is 0.205. The SMILES string of the molecule is CCNC(c1cc(F)cc(F)c1)c1ccccc1I. The smallest absolute Gasteiger partial charge is 0.126 e. The summed E-state index contributed by atoms with van der Waals surface area (Å²) < 4.78 is 27.8. The van der Waals surface area contributed by atoms with Crippen molar-refractivity contribution in [1.29, 1.82) is 0 Å². The number of hydrogen-bond acceptors (Lipinski definition) is 1. The third-order valence-electron chi connectivity index (χ3n) is 2.84. The summed E-state index contributed by atoms with van der Waals surface area (Å²) in [7, 11) is 0. The molecule has 0 saturated heterocycles. The molecule has 0 aliphatic rings. The molecule has 0 aromatic heterocycles. The van der Waals surface area contributed by atoms with Crippen molar-refractivity contribution < 1.29 is 8.78 Å². The van der Waals surface area contributed by atoms with Crippen LogP contribution in [0.1, 0.15) is 24.1 Å². The van der Waals surface area contributed by atoms with Gasteiger partial charge in [0.15, 0.2) is 0 Å². The van der Waals surface area contributed by atoms with Crippen LogP contribution in [0, 0.1) is 15.2 Å². The molecule has 0 heterocycles. The van der Waals surface area contributed by atoms with Crippen LogP contribution in [0.2, 0.25) is 0 Å². The second-order valence-electron chi connectivity index (χ2n) is 4.21. The van der Waals surface area contributed by atoms with E-state index in [4.69, 9.17) is 0 Å². The van der Waals surface area contributed by atoms with Gasteiger partial charge in [-0.05, 0) is 58.5 Å². The average molecular weight is 373 g/mol. The van der Waals surface area contributed by atoms with Crippen molar-refractivity contribution in [3.63, 3.8) is 0 Å². The summed E-state index contributed by atoms with van der Waals surface area (Å²) in [6.45, 7) is 2.69. The molecule has 2 rings (SSSR count). The molecule has 1 nitrogen and oxygen atoms in total. The molecule has 0 saturated carbocycles. The summed E-state index contributed by atoms with van der Waals surface area (Å²) in [4.78, 5) is 0. The van der Waals surface area contributed by atoms with Crippen LogP contribution in [0.15, 0.2) is 42.5 Å². The minimum atomic E-state index is -0.552. The predicted molar refractivity (Wildman–Crippen MR) is 81.0 cm³/mol. The normalized spacial score (nSPS) is 12.4. The molecule has 0 spiro atoms. The topological polar surface area (TPSA) is 12.0 Å². The molecule has 19 heavy (non-hydrogen) atoms. The molecule has 1 atom stereocenters. The summed E-state index contributed by atoms with van der Waals surface area (Å²) in [6.07, 6.45) is 0. The number of halogens is 3. The molecule has 0 aliphatic carbocycles. The lowest BCUT2D eigenvalue weighted by molar-refractivity contribution is 0.565.